The van der Waals surface area contributed by atoms with Gasteiger partial charge in [0.15, 0.2) is 0 Å². The molecule has 0 saturated carbocycles. The molecule has 0 spiro atoms. The first-order chi connectivity index (χ1) is 18.2. The monoisotopic (exact) mass is 578 g/mol. The van der Waals surface area contributed by atoms with Gasteiger partial charge in [-0.3, -0.25) is 19.0 Å². The van der Waals surface area contributed by atoms with E-state index in [0.717, 1.165) is 16.5 Å². The molecule has 4 heterocycles. The lowest BCUT2D eigenvalue weighted by atomic mass is 10.0. The molecule has 0 aliphatic carbocycles. The number of amides is 2. The van der Waals surface area contributed by atoms with Gasteiger partial charge in [0.25, 0.3) is 0 Å². The average Bonchev–Trinajstić information content (AvgIpc) is 3.45. The second-order valence-corrected chi connectivity index (χ2v) is 10.0. The highest BCUT2D eigenvalue weighted by atomic mass is 79.9. The Morgan fingerprint density at radius 2 is 1.89 bits per heavy atom. The van der Waals surface area contributed by atoms with Crippen molar-refractivity contribution in [2.24, 2.45) is 0 Å². The first-order valence-corrected chi connectivity index (χ1v) is 12.8. The maximum Gasteiger partial charge on any atom is 0.248 e. The number of pyridine rings is 1. The number of aromatic nitrogens is 4. The van der Waals surface area contributed by atoms with Crippen molar-refractivity contribution < 1.29 is 18.8 Å². The molecule has 3 aromatic heterocycles. The Balaban J connectivity index is 1.41. The lowest BCUT2D eigenvalue weighted by Crippen LogP contribution is -2.44. The number of hydrogen-bond acceptors (Lipinski definition) is 6. The van der Waals surface area contributed by atoms with Crippen molar-refractivity contribution in [3.63, 3.8) is 0 Å². The van der Waals surface area contributed by atoms with Gasteiger partial charge in [-0.2, -0.15) is 0 Å². The fraction of sp³-hybridized carbons (Fsp3) is 0.259. The fourth-order valence-electron chi connectivity index (χ4n) is 4.68. The van der Waals surface area contributed by atoms with Crippen LogP contribution in [0, 0.1) is 6.92 Å². The first kappa shape index (κ1) is 25.7. The number of rotatable bonds is 5. The third-order valence-corrected chi connectivity index (χ3v) is 6.96. The molecule has 1 aromatic carbocycles. The predicted molar refractivity (Wildman–Crippen MR) is 143 cm³/mol. The number of alkyl halides is 1. The van der Waals surface area contributed by atoms with Gasteiger partial charge in [-0.25, -0.2) is 19.3 Å². The Kier molecular flexibility index (Phi) is 7.02. The molecule has 1 aliphatic rings. The summed E-state index contributed by atoms with van der Waals surface area (Å²) >= 11 is 3.25. The second kappa shape index (κ2) is 10.4. The van der Waals surface area contributed by atoms with E-state index in [-0.39, 0.29) is 25.3 Å². The smallest absolute Gasteiger partial charge is 0.248 e. The quantitative estimate of drug-likeness (QED) is 0.353. The molecule has 1 aliphatic heterocycles. The van der Waals surface area contributed by atoms with Crippen molar-refractivity contribution in [3.05, 3.63) is 71.0 Å². The van der Waals surface area contributed by atoms with Gasteiger partial charge in [-0.1, -0.05) is 18.2 Å². The fourth-order valence-corrected chi connectivity index (χ4v) is 5.02. The molecule has 9 nitrogen and oxygen atoms in total. The van der Waals surface area contributed by atoms with Gasteiger partial charge in [-0.15, -0.1) is 0 Å². The maximum absolute atomic E-state index is 14.4. The minimum absolute atomic E-state index is 0.0879. The number of hydrogen-bond donors (Lipinski definition) is 1. The normalized spacial score (nSPS) is 17.1. The molecule has 0 unspecified atom stereocenters. The second-order valence-electron chi connectivity index (χ2n) is 9.20. The molecule has 194 valence electrons. The van der Waals surface area contributed by atoms with E-state index in [4.69, 9.17) is 0 Å². The molecule has 5 rings (SSSR count). The number of anilines is 1. The molecule has 38 heavy (non-hydrogen) atoms. The van der Waals surface area contributed by atoms with E-state index in [1.54, 1.807) is 43.7 Å². The van der Waals surface area contributed by atoms with Crippen LogP contribution in [-0.2, 0) is 16.0 Å². The van der Waals surface area contributed by atoms with Gasteiger partial charge in [0.05, 0.1) is 18.5 Å². The van der Waals surface area contributed by atoms with Crippen molar-refractivity contribution in [3.8, 4) is 11.1 Å². The maximum atomic E-state index is 14.4. The third-order valence-electron chi connectivity index (χ3n) is 6.52. The summed E-state index contributed by atoms with van der Waals surface area (Å²) in [5.74, 6) is -0.153. The zero-order chi connectivity index (χ0) is 27.0. The van der Waals surface area contributed by atoms with E-state index in [0.29, 0.717) is 27.3 Å². The zero-order valence-electron chi connectivity index (χ0n) is 20.7. The molecule has 0 radical (unpaired) electrons. The average molecular weight is 579 g/mol. The molecule has 2 amide bonds. The van der Waals surface area contributed by atoms with Crippen molar-refractivity contribution in [1.29, 1.82) is 0 Å². The number of carbonyl (C=O) groups is 3. The third kappa shape index (κ3) is 5.19. The molecular formula is C27H24BrFN6O3. The number of benzene rings is 1. The van der Waals surface area contributed by atoms with E-state index in [2.05, 4.69) is 36.2 Å². The van der Waals surface area contributed by atoms with E-state index in [1.165, 1.54) is 16.4 Å². The number of halogens is 2. The standard InChI is InChI=1S/C27H24BrFN6O3/c1-15-30-11-19(12-31-15)17-6-7-21-18(13-34(16(2)36)22(21)8-17)9-26(37)35-14-20(29)10-23(35)27(38)33-25-5-3-4-24(28)32-25/h3-8,11-13,20,23H,9-10,14H2,1-2H3,(H,32,33,38)/t20-,23+/m1/s1. The van der Waals surface area contributed by atoms with E-state index < -0.39 is 24.0 Å². The van der Waals surface area contributed by atoms with Crippen LogP contribution in [0.15, 0.2) is 59.6 Å². The van der Waals surface area contributed by atoms with Crippen LogP contribution in [0.2, 0.25) is 0 Å². The number of aryl methyl sites for hydroxylation is 1. The molecular weight excluding hydrogens is 555 g/mol. The highest BCUT2D eigenvalue weighted by molar-refractivity contribution is 9.10. The van der Waals surface area contributed by atoms with Gasteiger partial charge < -0.3 is 10.2 Å². The minimum Gasteiger partial charge on any atom is -0.327 e. The SMILES string of the molecule is CC(=O)n1cc(CC(=O)N2C[C@H](F)C[C@H]2C(=O)Nc2cccc(Br)n2)c2ccc(-c3cnc(C)nc3)cc21. The number of likely N-dealkylation sites (tertiary alicyclic amines) is 1. The van der Waals surface area contributed by atoms with Crippen molar-refractivity contribution in [1.82, 2.24) is 24.4 Å². The van der Waals surface area contributed by atoms with Crippen molar-refractivity contribution in [2.45, 2.75) is 38.9 Å². The number of nitrogens with zero attached hydrogens (tertiary/aromatic N) is 5. The van der Waals surface area contributed by atoms with Crippen LogP contribution in [-0.4, -0.2) is 60.9 Å². The summed E-state index contributed by atoms with van der Waals surface area (Å²) in [7, 11) is 0. The summed E-state index contributed by atoms with van der Waals surface area (Å²) < 4.78 is 16.5. The van der Waals surface area contributed by atoms with Crippen molar-refractivity contribution >= 4 is 50.4 Å². The van der Waals surface area contributed by atoms with E-state index in [9.17, 15) is 18.8 Å². The predicted octanol–water partition coefficient (Wildman–Crippen LogP) is 4.34. The van der Waals surface area contributed by atoms with Gasteiger partial charge in [0.1, 0.15) is 28.5 Å². The summed E-state index contributed by atoms with van der Waals surface area (Å²) in [5.41, 5.74) is 2.88. The van der Waals surface area contributed by atoms with Gasteiger partial charge >= 0.3 is 0 Å². The van der Waals surface area contributed by atoms with E-state index in [1.807, 2.05) is 18.2 Å². The Labute approximate surface area is 226 Å². The van der Waals surface area contributed by atoms with Crippen molar-refractivity contribution in [2.75, 3.05) is 11.9 Å². The lowest BCUT2D eigenvalue weighted by molar-refractivity contribution is -0.136. The highest BCUT2D eigenvalue weighted by Crippen LogP contribution is 2.29. The molecule has 0 bridgehead atoms. The summed E-state index contributed by atoms with van der Waals surface area (Å²) in [6, 6.07) is 9.66. The lowest BCUT2D eigenvalue weighted by Gasteiger charge is -2.23. The van der Waals surface area contributed by atoms with Crippen LogP contribution >= 0.6 is 15.9 Å². The Hall–Kier alpha value is -3.99. The minimum atomic E-state index is -1.32. The van der Waals surface area contributed by atoms with Crippen LogP contribution < -0.4 is 5.32 Å². The number of nitrogens with one attached hydrogen (secondary N) is 1. The van der Waals surface area contributed by atoms with Crippen LogP contribution in [0.5, 0.6) is 0 Å². The van der Waals surface area contributed by atoms with Crippen LogP contribution in [0.1, 0.15) is 29.5 Å². The number of fused-ring (bicyclic) bond motifs is 1. The molecule has 1 saturated heterocycles. The first-order valence-electron chi connectivity index (χ1n) is 12.0. The van der Waals surface area contributed by atoms with Crippen LogP contribution in [0.3, 0.4) is 0 Å². The van der Waals surface area contributed by atoms with E-state index >= 15 is 0 Å². The molecule has 4 aromatic rings. The largest absolute Gasteiger partial charge is 0.327 e. The summed E-state index contributed by atoms with van der Waals surface area (Å²) in [6.45, 7) is 3.07. The molecule has 1 fully saturated rings. The van der Waals surface area contributed by atoms with Gasteiger partial charge in [0.2, 0.25) is 17.7 Å². The summed E-state index contributed by atoms with van der Waals surface area (Å²) in [6.07, 6.45) is 3.56. The van der Waals surface area contributed by atoms with Gasteiger partial charge in [0, 0.05) is 42.9 Å². The summed E-state index contributed by atoms with van der Waals surface area (Å²) in [5, 5.41) is 3.39. The Bertz CT molecular complexity index is 1550. The summed E-state index contributed by atoms with van der Waals surface area (Å²) in [4.78, 5) is 52.7. The van der Waals surface area contributed by atoms with Crippen LogP contribution in [0.25, 0.3) is 22.0 Å². The molecule has 2 atom stereocenters. The van der Waals surface area contributed by atoms with Gasteiger partial charge in [-0.05, 0) is 52.2 Å². The number of carbonyl (C=O) groups excluding carboxylic acids is 3. The zero-order valence-corrected chi connectivity index (χ0v) is 22.3. The van der Waals surface area contributed by atoms with Crippen LogP contribution in [0.4, 0.5) is 10.2 Å². The highest BCUT2D eigenvalue weighted by Gasteiger charge is 2.40. The Morgan fingerprint density at radius 1 is 1.13 bits per heavy atom. The Morgan fingerprint density at radius 3 is 2.61 bits per heavy atom. The molecule has 11 heteroatoms. The topological polar surface area (TPSA) is 110 Å². The molecule has 1 N–H and O–H groups in total.